The minimum absolute atomic E-state index is 0.0240. The maximum absolute atomic E-state index is 12.7. The number of halogens is 3. The van der Waals surface area contributed by atoms with Crippen LogP contribution in [0, 0.1) is 5.92 Å². The highest BCUT2D eigenvalue weighted by Crippen LogP contribution is 2.48. The maximum Gasteiger partial charge on any atom is 0.391 e. The van der Waals surface area contributed by atoms with Gasteiger partial charge >= 0.3 is 12.2 Å². The zero-order valence-corrected chi connectivity index (χ0v) is 10.4. The molecule has 2 aliphatic carbocycles. The van der Waals surface area contributed by atoms with Gasteiger partial charge in [-0.15, -0.1) is 0 Å². The van der Waals surface area contributed by atoms with E-state index in [1.165, 1.54) is 0 Å². The molecule has 1 aliphatic heterocycles. The molecule has 0 aromatic heterocycles. The summed E-state index contributed by atoms with van der Waals surface area (Å²) in [5.74, 6) is -1.06. The Morgan fingerprint density at radius 3 is 2.26 bits per heavy atom. The molecule has 0 unspecified atom stereocenters. The Labute approximate surface area is 108 Å². The van der Waals surface area contributed by atoms with Crippen LogP contribution < -0.4 is 5.73 Å². The van der Waals surface area contributed by atoms with E-state index < -0.39 is 17.6 Å². The molecule has 2 amide bonds. The third-order valence-corrected chi connectivity index (χ3v) is 4.55. The number of carbonyl (C=O) groups is 1. The van der Waals surface area contributed by atoms with Crippen LogP contribution in [-0.4, -0.2) is 34.5 Å². The average molecular weight is 275 g/mol. The quantitative estimate of drug-likeness (QED) is 0.799. The number of carbonyl (C=O) groups excluding carboxylic acids is 1. The molecule has 0 bridgehead atoms. The lowest BCUT2D eigenvalue weighted by Gasteiger charge is -2.43. The number of amidine groups is 1. The molecule has 1 spiro atoms. The van der Waals surface area contributed by atoms with Crippen molar-refractivity contribution >= 4 is 11.9 Å². The largest absolute Gasteiger partial charge is 0.391 e. The van der Waals surface area contributed by atoms with E-state index in [0.29, 0.717) is 0 Å². The van der Waals surface area contributed by atoms with Crippen molar-refractivity contribution in [3.05, 3.63) is 0 Å². The summed E-state index contributed by atoms with van der Waals surface area (Å²) in [4.78, 5) is 17.3. The van der Waals surface area contributed by atoms with Crippen LogP contribution in [0.4, 0.5) is 18.0 Å². The predicted octanol–water partition coefficient (Wildman–Crippen LogP) is 2.43. The monoisotopic (exact) mass is 275 g/mol. The molecular weight excluding hydrogens is 259 g/mol. The maximum atomic E-state index is 12.7. The Bertz CT molecular complexity index is 434. The second kappa shape index (κ2) is 3.86. The van der Waals surface area contributed by atoms with Gasteiger partial charge in [-0.1, -0.05) is 0 Å². The summed E-state index contributed by atoms with van der Waals surface area (Å²) in [6.07, 6.45) is -1.76. The number of rotatable bonds is 1. The van der Waals surface area contributed by atoms with Crippen LogP contribution >= 0.6 is 0 Å². The van der Waals surface area contributed by atoms with Gasteiger partial charge in [-0.2, -0.15) is 18.2 Å². The summed E-state index contributed by atoms with van der Waals surface area (Å²) >= 11 is 0. The fraction of sp³-hybridized carbons (Fsp3) is 0.833. The second-order valence-corrected chi connectivity index (χ2v) is 5.73. The van der Waals surface area contributed by atoms with Crippen LogP contribution in [0.25, 0.3) is 0 Å². The van der Waals surface area contributed by atoms with Gasteiger partial charge < -0.3 is 10.6 Å². The van der Waals surface area contributed by atoms with E-state index in [0.717, 1.165) is 12.8 Å². The van der Waals surface area contributed by atoms with Crippen molar-refractivity contribution in [2.75, 3.05) is 0 Å². The number of amides is 2. The Hall–Kier alpha value is -1.27. The Morgan fingerprint density at radius 1 is 1.21 bits per heavy atom. The summed E-state index contributed by atoms with van der Waals surface area (Å²) in [6.45, 7) is 0. The minimum atomic E-state index is -4.15. The number of aliphatic imine (C=N–C) groups is 1. The summed E-state index contributed by atoms with van der Waals surface area (Å²) < 4.78 is 38.1. The Kier molecular flexibility index (Phi) is 2.59. The van der Waals surface area contributed by atoms with Crippen LogP contribution in [0.1, 0.15) is 38.5 Å². The molecule has 7 heteroatoms. The SMILES string of the molecule is NC1=NC(=O)N(C2CC2)C12CCC(C(F)(F)F)CC2. The molecular formula is C12H16F3N3O. The summed E-state index contributed by atoms with van der Waals surface area (Å²) in [6, 6.07) is -0.245. The number of nitrogens with two attached hydrogens (primary N) is 1. The van der Waals surface area contributed by atoms with Gasteiger partial charge in [0.25, 0.3) is 0 Å². The summed E-state index contributed by atoms with van der Waals surface area (Å²) in [7, 11) is 0. The van der Waals surface area contributed by atoms with Crippen LogP contribution in [0.15, 0.2) is 4.99 Å². The zero-order chi connectivity index (χ0) is 13.8. The third kappa shape index (κ3) is 1.90. The van der Waals surface area contributed by atoms with Crippen molar-refractivity contribution in [1.82, 2.24) is 4.90 Å². The van der Waals surface area contributed by atoms with Gasteiger partial charge in [0.05, 0.1) is 5.92 Å². The smallest absolute Gasteiger partial charge is 0.385 e. The van der Waals surface area contributed by atoms with Crippen LogP contribution in [0.2, 0.25) is 0 Å². The van der Waals surface area contributed by atoms with Crippen LogP contribution in [-0.2, 0) is 0 Å². The van der Waals surface area contributed by atoms with Gasteiger partial charge in [0.1, 0.15) is 11.4 Å². The molecule has 19 heavy (non-hydrogen) atoms. The van der Waals surface area contributed by atoms with Gasteiger partial charge in [-0.3, -0.25) is 0 Å². The molecule has 0 atom stereocenters. The van der Waals surface area contributed by atoms with Crippen molar-refractivity contribution in [2.45, 2.75) is 56.3 Å². The van der Waals surface area contributed by atoms with Gasteiger partial charge in [0.2, 0.25) is 0 Å². The molecule has 3 aliphatic rings. The van der Waals surface area contributed by atoms with Crippen molar-refractivity contribution < 1.29 is 18.0 Å². The highest BCUT2D eigenvalue weighted by atomic mass is 19.4. The summed E-state index contributed by atoms with van der Waals surface area (Å²) in [5, 5.41) is 0. The van der Waals surface area contributed by atoms with Crippen molar-refractivity contribution in [2.24, 2.45) is 16.6 Å². The van der Waals surface area contributed by atoms with Crippen LogP contribution in [0.5, 0.6) is 0 Å². The number of hydrogen-bond donors (Lipinski definition) is 1. The molecule has 0 saturated heterocycles. The number of hydrogen-bond acceptors (Lipinski definition) is 2. The highest BCUT2D eigenvalue weighted by Gasteiger charge is 2.57. The first-order chi connectivity index (χ1) is 8.84. The third-order valence-electron chi connectivity index (χ3n) is 4.55. The van der Waals surface area contributed by atoms with E-state index in [4.69, 9.17) is 5.73 Å². The Morgan fingerprint density at radius 2 is 1.79 bits per heavy atom. The van der Waals surface area contributed by atoms with E-state index in [9.17, 15) is 18.0 Å². The minimum Gasteiger partial charge on any atom is -0.385 e. The lowest BCUT2D eigenvalue weighted by molar-refractivity contribution is -0.185. The van der Waals surface area contributed by atoms with Crippen molar-refractivity contribution in [3.8, 4) is 0 Å². The topological polar surface area (TPSA) is 58.7 Å². The van der Waals surface area contributed by atoms with E-state index in [1.54, 1.807) is 4.90 Å². The van der Waals surface area contributed by atoms with E-state index in [2.05, 4.69) is 4.99 Å². The van der Waals surface area contributed by atoms with Crippen LogP contribution in [0.3, 0.4) is 0 Å². The molecule has 0 radical (unpaired) electrons. The fourth-order valence-corrected chi connectivity index (χ4v) is 3.33. The highest BCUT2D eigenvalue weighted by molar-refractivity contribution is 6.06. The van der Waals surface area contributed by atoms with Gasteiger partial charge in [0.15, 0.2) is 0 Å². The molecule has 1 heterocycles. The number of nitrogens with zero attached hydrogens (tertiary/aromatic N) is 2. The van der Waals surface area contributed by atoms with Gasteiger partial charge in [-0.25, -0.2) is 4.79 Å². The molecule has 4 nitrogen and oxygen atoms in total. The summed E-state index contributed by atoms with van der Waals surface area (Å²) in [5.41, 5.74) is 5.12. The lowest BCUT2D eigenvalue weighted by Crippen LogP contribution is -2.57. The zero-order valence-electron chi connectivity index (χ0n) is 10.4. The fourth-order valence-electron chi connectivity index (χ4n) is 3.33. The standard InChI is InChI=1S/C12H16F3N3O/c13-12(14,15)7-3-5-11(6-4-7)9(16)17-10(19)18(11)8-1-2-8/h7-8H,1-6H2,(H2,16,17,19). The lowest BCUT2D eigenvalue weighted by atomic mass is 9.75. The first-order valence-corrected chi connectivity index (χ1v) is 6.59. The first kappa shape index (κ1) is 12.7. The van der Waals surface area contributed by atoms with E-state index in [1.807, 2.05) is 0 Å². The van der Waals surface area contributed by atoms with Crippen molar-refractivity contribution in [3.63, 3.8) is 0 Å². The number of alkyl halides is 3. The molecule has 0 aromatic carbocycles. The molecule has 2 saturated carbocycles. The number of urea groups is 1. The first-order valence-electron chi connectivity index (χ1n) is 6.59. The molecule has 0 aromatic rings. The van der Waals surface area contributed by atoms with Gasteiger partial charge in [-0.05, 0) is 38.5 Å². The molecule has 3 rings (SSSR count). The van der Waals surface area contributed by atoms with Crippen molar-refractivity contribution in [1.29, 1.82) is 0 Å². The van der Waals surface area contributed by atoms with E-state index in [-0.39, 0.29) is 43.6 Å². The molecule has 106 valence electrons. The Balaban J connectivity index is 1.80. The van der Waals surface area contributed by atoms with E-state index >= 15 is 0 Å². The molecule has 2 fully saturated rings. The molecule has 2 N–H and O–H groups in total. The average Bonchev–Trinajstić information content (AvgIpc) is 3.09. The van der Waals surface area contributed by atoms with Gasteiger partial charge in [0, 0.05) is 6.04 Å². The normalized spacial score (nSPS) is 35.9. The predicted molar refractivity (Wildman–Crippen MR) is 62.6 cm³/mol. The second-order valence-electron chi connectivity index (χ2n) is 5.73.